The largest absolute Gasteiger partial charge is 0.394 e. The zero-order valence-corrected chi connectivity index (χ0v) is 23.4. The third-order valence-electron chi connectivity index (χ3n) is 6.75. The lowest BCUT2D eigenvalue weighted by molar-refractivity contribution is -0.161. The van der Waals surface area contributed by atoms with Gasteiger partial charge in [-0.1, -0.05) is 11.3 Å². The molecule has 0 aliphatic carbocycles. The maximum Gasteiger partial charge on any atom is 0.229 e. The van der Waals surface area contributed by atoms with Crippen molar-refractivity contribution in [1.82, 2.24) is 34.7 Å². The molecule has 4 atom stereocenters. The number of benzene rings is 2. The Morgan fingerprint density at radius 3 is 2.83 bits per heavy atom. The molecule has 1 saturated heterocycles. The first-order valence-corrected chi connectivity index (χ1v) is 15.2. The first kappa shape index (κ1) is 27.3. The van der Waals surface area contributed by atoms with Crippen LogP contribution in [0.4, 0.5) is 10.1 Å². The van der Waals surface area contributed by atoms with E-state index in [-0.39, 0.29) is 12.1 Å². The van der Waals surface area contributed by atoms with Crippen molar-refractivity contribution < 1.29 is 27.8 Å². The Balaban J connectivity index is 1.29. The molecule has 16 heteroatoms. The second kappa shape index (κ2) is 10.5. The first-order valence-electron chi connectivity index (χ1n) is 12.5. The molecule has 0 saturated carbocycles. The van der Waals surface area contributed by atoms with Crippen molar-refractivity contribution in [1.29, 1.82) is 0 Å². The quantitative estimate of drug-likeness (QED) is 0.252. The highest BCUT2D eigenvalue weighted by molar-refractivity contribution is 7.92. The summed E-state index contributed by atoms with van der Waals surface area (Å²) in [6.07, 6.45) is 1.40. The molecule has 5 aromatic rings. The zero-order valence-electron chi connectivity index (χ0n) is 21.8. The van der Waals surface area contributed by atoms with Crippen molar-refractivity contribution >= 4 is 37.3 Å². The van der Waals surface area contributed by atoms with E-state index in [2.05, 4.69) is 30.1 Å². The van der Waals surface area contributed by atoms with Crippen molar-refractivity contribution in [3.63, 3.8) is 0 Å². The summed E-state index contributed by atoms with van der Waals surface area (Å²) in [5, 5.41) is 34.7. The van der Waals surface area contributed by atoms with Crippen LogP contribution in [0.2, 0.25) is 0 Å². The lowest BCUT2D eigenvalue weighted by Gasteiger charge is -2.38. The number of aromatic nitrogens is 7. The van der Waals surface area contributed by atoms with Crippen LogP contribution in [0.15, 0.2) is 48.9 Å². The number of fused-ring (bicyclic) bond motifs is 1. The van der Waals surface area contributed by atoms with Crippen LogP contribution < -0.4 is 4.72 Å². The van der Waals surface area contributed by atoms with Crippen molar-refractivity contribution in [2.45, 2.75) is 37.7 Å². The van der Waals surface area contributed by atoms with E-state index in [4.69, 9.17) is 4.74 Å². The minimum Gasteiger partial charge on any atom is -0.394 e. The Bertz CT molecular complexity index is 1840. The normalized spacial score (nSPS) is 21.4. The van der Waals surface area contributed by atoms with Gasteiger partial charge in [0.2, 0.25) is 10.0 Å². The molecule has 1 fully saturated rings. The number of aliphatic hydroxyl groups excluding tert-OH is 2. The molecule has 0 spiro atoms. The second-order valence-corrected chi connectivity index (χ2v) is 12.7. The van der Waals surface area contributed by atoms with Gasteiger partial charge in [-0.3, -0.25) is 4.72 Å². The van der Waals surface area contributed by atoms with E-state index < -0.39 is 46.8 Å². The summed E-state index contributed by atoms with van der Waals surface area (Å²) in [5.74, 6) is -0.294. The second-order valence-electron chi connectivity index (χ2n) is 9.71. The number of aliphatic hydroxyl groups is 2. The van der Waals surface area contributed by atoms with Gasteiger partial charge in [0.25, 0.3) is 0 Å². The number of nitrogens with zero attached hydrogens (tertiary/aromatic N) is 7. The Morgan fingerprint density at radius 2 is 2.07 bits per heavy atom. The zero-order chi connectivity index (χ0) is 28.9. The minimum absolute atomic E-state index is 0.189. The van der Waals surface area contributed by atoms with Crippen molar-refractivity contribution in [2.75, 3.05) is 17.6 Å². The molecule has 3 N–H and O–H groups in total. The molecule has 0 bridgehead atoms. The smallest absolute Gasteiger partial charge is 0.229 e. The number of anilines is 1. The Kier molecular flexibility index (Phi) is 7.03. The maximum atomic E-state index is 14.6. The number of thiazole rings is 1. The van der Waals surface area contributed by atoms with Crippen LogP contribution in [-0.4, -0.2) is 78.4 Å². The monoisotopic (exact) mass is 600 g/mol. The van der Waals surface area contributed by atoms with E-state index in [1.165, 1.54) is 23.1 Å². The molecule has 0 unspecified atom stereocenters. The van der Waals surface area contributed by atoms with Crippen LogP contribution >= 0.6 is 11.3 Å². The van der Waals surface area contributed by atoms with Crippen LogP contribution in [0.5, 0.6) is 0 Å². The summed E-state index contributed by atoms with van der Waals surface area (Å²) in [5.41, 5.74) is 2.13. The topological polar surface area (TPSA) is 170 Å². The van der Waals surface area contributed by atoms with Gasteiger partial charge in [0.1, 0.15) is 36.2 Å². The molecule has 41 heavy (non-hydrogen) atoms. The maximum absolute atomic E-state index is 14.6. The molecule has 3 aromatic heterocycles. The SMILES string of the molecule is Cc1nc2ccc(-n3ncnc3[C@H]3C[C@@H](n4cc(-c5ccc(NS(C)(=O)=O)c(F)c5)nn4)[C@@H](O)[C@@H](CO)O3)cc2s1. The lowest BCUT2D eigenvalue weighted by Crippen LogP contribution is -2.45. The Morgan fingerprint density at radius 1 is 1.24 bits per heavy atom. The van der Waals surface area contributed by atoms with Crippen LogP contribution in [0.25, 0.3) is 27.2 Å². The van der Waals surface area contributed by atoms with Crippen LogP contribution in [0, 0.1) is 12.7 Å². The summed E-state index contributed by atoms with van der Waals surface area (Å²) in [6.45, 7) is 1.49. The molecule has 1 aliphatic heterocycles. The van der Waals surface area contributed by atoms with E-state index in [1.54, 1.807) is 22.2 Å². The number of ether oxygens (including phenoxy) is 1. The highest BCUT2D eigenvalue weighted by Gasteiger charge is 2.41. The number of sulfonamides is 1. The van der Waals surface area contributed by atoms with E-state index in [0.29, 0.717) is 17.1 Å². The Labute approximate surface area is 237 Å². The lowest BCUT2D eigenvalue weighted by atomic mass is 9.95. The summed E-state index contributed by atoms with van der Waals surface area (Å²) >= 11 is 1.57. The molecule has 0 radical (unpaired) electrons. The van der Waals surface area contributed by atoms with Gasteiger partial charge in [-0.2, -0.15) is 5.10 Å². The Hall–Kier alpha value is -3.83. The third-order valence-corrected chi connectivity index (χ3v) is 8.27. The molecular formula is C25H25FN8O5S2. The number of hydrogen-bond donors (Lipinski definition) is 3. The van der Waals surface area contributed by atoms with Gasteiger partial charge < -0.3 is 14.9 Å². The average Bonchev–Trinajstić information content (AvgIpc) is 3.68. The number of hydrogen-bond acceptors (Lipinski definition) is 11. The summed E-state index contributed by atoms with van der Waals surface area (Å²) in [6, 6.07) is 9.05. The van der Waals surface area contributed by atoms with Crippen molar-refractivity contribution in [3.05, 3.63) is 65.6 Å². The predicted molar refractivity (Wildman–Crippen MR) is 148 cm³/mol. The molecule has 13 nitrogen and oxygen atoms in total. The number of rotatable bonds is 7. The predicted octanol–water partition coefficient (Wildman–Crippen LogP) is 2.38. The number of aryl methyl sites for hydroxylation is 1. The van der Waals surface area contributed by atoms with Gasteiger partial charge in [-0.25, -0.2) is 32.1 Å². The fourth-order valence-electron chi connectivity index (χ4n) is 4.89. The van der Waals surface area contributed by atoms with Crippen LogP contribution in [0.1, 0.15) is 29.4 Å². The molecule has 214 valence electrons. The molecule has 1 aliphatic rings. The average molecular weight is 601 g/mol. The summed E-state index contributed by atoms with van der Waals surface area (Å²) in [7, 11) is -3.65. The molecule has 4 heterocycles. The molecular weight excluding hydrogens is 575 g/mol. The first-order chi connectivity index (χ1) is 19.6. The van der Waals surface area contributed by atoms with Gasteiger partial charge in [0.05, 0.1) is 51.7 Å². The summed E-state index contributed by atoms with van der Waals surface area (Å²) < 4.78 is 49.8. The van der Waals surface area contributed by atoms with E-state index >= 15 is 0 Å². The van der Waals surface area contributed by atoms with E-state index in [0.717, 1.165) is 33.2 Å². The fraction of sp³-hybridized carbons (Fsp3) is 0.320. The van der Waals surface area contributed by atoms with Gasteiger partial charge in [0, 0.05) is 12.0 Å². The van der Waals surface area contributed by atoms with E-state index in [9.17, 15) is 23.0 Å². The van der Waals surface area contributed by atoms with Crippen molar-refractivity contribution in [2.24, 2.45) is 0 Å². The van der Waals surface area contributed by atoms with Gasteiger partial charge >= 0.3 is 0 Å². The van der Waals surface area contributed by atoms with E-state index in [1.807, 2.05) is 25.1 Å². The minimum atomic E-state index is -3.65. The highest BCUT2D eigenvalue weighted by Crippen LogP contribution is 2.38. The molecule has 0 amide bonds. The van der Waals surface area contributed by atoms with Crippen molar-refractivity contribution in [3.8, 4) is 16.9 Å². The van der Waals surface area contributed by atoms with Gasteiger partial charge in [-0.05, 0) is 37.3 Å². The molecule has 2 aromatic carbocycles. The van der Waals surface area contributed by atoms with Crippen LogP contribution in [0.3, 0.4) is 0 Å². The summed E-state index contributed by atoms with van der Waals surface area (Å²) in [4.78, 5) is 8.93. The number of nitrogens with one attached hydrogen (secondary N) is 1. The highest BCUT2D eigenvalue weighted by atomic mass is 32.2. The van der Waals surface area contributed by atoms with Gasteiger partial charge in [0.15, 0.2) is 5.82 Å². The van der Waals surface area contributed by atoms with Gasteiger partial charge in [-0.15, -0.1) is 16.4 Å². The third kappa shape index (κ3) is 5.43. The standard InChI is InChI=1S/C25H25FN8O5S2/c1-13-29-18-6-4-15(8-23(18)40-13)34-25(27-12-28-34)21-9-20(24(36)22(11-35)39-21)33-10-19(30-32-33)14-3-5-17(16(26)7-14)31-41(2,37)38/h3-8,10,12,20-22,24,31,35-36H,9,11H2,1-2H3/t20-,21-,22-,24-/m1/s1. The number of halogens is 1. The fourth-order valence-corrected chi connectivity index (χ4v) is 6.32. The molecule has 6 rings (SSSR count). The van der Waals surface area contributed by atoms with Crippen LogP contribution in [-0.2, 0) is 14.8 Å².